The van der Waals surface area contributed by atoms with Gasteiger partial charge >= 0.3 is 18.0 Å². The summed E-state index contributed by atoms with van der Waals surface area (Å²) in [5.41, 5.74) is -6.02. The van der Waals surface area contributed by atoms with E-state index in [9.17, 15) is 35.5 Å². The fourth-order valence-electron chi connectivity index (χ4n) is 3.91. The molecule has 1 N–H and O–H groups in total. The van der Waals surface area contributed by atoms with Crippen molar-refractivity contribution in [1.82, 2.24) is 20.1 Å². The van der Waals surface area contributed by atoms with Crippen LogP contribution in [0.1, 0.15) is 39.9 Å². The van der Waals surface area contributed by atoms with Crippen molar-refractivity contribution in [3.05, 3.63) is 64.2 Å². The van der Waals surface area contributed by atoms with Gasteiger partial charge in [-0.3, -0.25) is 4.79 Å². The van der Waals surface area contributed by atoms with E-state index in [1.165, 1.54) is 43.2 Å². The van der Waals surface area contributed by atoms with Gasteiger partial charge in [0.1, 0.15) is 5.15 Å². The number of nitrogens with one attached hydrogen (secondary N) is 1. The predicted octanol–water partition coefficient (Wildman–Crippen LogP) is 6.39. The van der Waals surface area contributed by atoms with Crippen LogP contribution in [-0.4, -0.2) is 39.1 Å². The van der Waals surface area contributed by atoms with Crippen LogP contribution in [0.4, 0.5) is 30.7 Å². The third kappa shape index (κ3) is 4.54. The largest absolute Gasteiger partial charge is 0.435 e. The van der Waals surface area contributed by atoms with E-state index >= 15 is 0 Å². The molecule has 0 unspecified atom stereocenters. The Morgan fingerprint density at radius 2 is 1.58 bits per heavy atom. The fourth-order valence-corrected chi connectivity index (χ4v) is 4.10. The van der Waals surface area contributed by atoms with Crippen molar-refractivity contribution in [2.24, 2.45) is 0 Å². The molecule has 2 aromatic heterocycles. The second-order valence-corrected chi connectivity index (χ2v) is 8.95. The van der Waals surface area contributed by atoms with Crippen molar-refractivity contribution in [3.63, 3.8) is 0 Å². The van der Waals surface area contributed by atoms with E-state index in [1.54, 1.807) is 0 Å². The maximum atomic E-state index is 14.6. The van der Waals surface area contributed by atoms with Crippen molar-refractivity contribution in [2.75, 3.05) is 0 Å². The number of nitrogens with zero attached hydrogens (tertiary/aromatic N) is 3. The average Bonchev–Trinajstić information content (AvgIpc) is 3.44. The Hall–Kier alpha value is -3.15. The summed E-state index contributed by atoms with van der Waals surface area (Å²) in [5.74, 6) is -0.407. The quantitative estimate of drug-likeness (QED) is 0.305. The Morgan fingerprint density at radius 1 is 1.00 bits per heavy atom. The Morgan fingerprint density at radius 3 is 2.11 bits per heavy atom. The third-order valence-corrected chi connectivity index (χ3v) is 6.13. The number of carbonyl (C=O) groups is 1. The molecule has 36 heavy (non-hydrogen) atoms. The van der Waals surface area contributed by atoms with Crippen molar-refractivity contribution >= 4 is 17.5 Å². The van der Waals surface area contributed by atoms with E-state index in [0.29, 0.717) is 23.4 Å². The minimum atomic E-state index is -6.21. The van der Waals surface area contributed by atoms with E-state index in [1.807, 2.05) is 0 Å². The van der Waals surface area contributed by atoms with Crippen LogP contribution in [0.15, 0.2) is 36.8 Å². The lowest BCUT2D eigenvalue weighted by Gasteiger charge is -2.31. The van der Waals surface area contributed by atoms with Crippen LogP contribution < -0.4 is 5.32 Å². The number of carbonyl (C=O) groups excluding carboxylic acids is 1. The van der Waals surface area contributed by atoms with Gasteiger partial charge in [-0.15, -0.1) is 0 Å². The van der Waals surface area contributed by atoms with Gasteiger partial charge in [0.15, 0.2) is 0 Å². The molecule has 0 saturated heterocycles. The maximum absolute atomic E-state index is 14.6. The van der Waals surface area contributed by atoms with Gasteiger partial charge in [0.05, 0.1) is 23.6 Å². The van der Waals surface area contributed by atoms with Gasteiger partial charge in [-0.2, -0.15) is 31.4 Å². The molecular formula is C23H18ClF7N4O. The number of hydrogen-bond donors (Lipinski definition) is 1. The number of rotatable bonds is 5. The summed E-state index contributed by atoms with van der Waals surface area (Å²) in [6, 6.07) is 2.60. The number of halogens is 8. The Bertz CT molecular complexity index is 1290. The lowest BCUT2D eigenvalue weighted by Crippen LogP contribution is -2.50. The molecule has 1 saturated carbocycles. The van der Waals surface area contributed by atoms with Crippen molar-refractivity contribution in [2.45, 2.75) is 50.8 Å². The summed E-state index contributed by atoms with van der Waals surface area (Å²) < 4.78 is 95.1. The van der Waals surface area contributed by atoms with Crippen LogP contribution in [0.2, 0.25) is 5.15 Å². The molecule has 13 heteroatoms. The molecule has 3 aromatic rings. The monoisotopic (exact) mass is 534 g/mol. The van der Waals surface area contributed by atoms with Gasteiger partial charge in [-0.25, -0.2) is 14.1 Å². The predicted molar refractivity (Wildman–Crippen MR) is 117 cm³/mol. The first kappa shape index (κ1) is 25.9. The molecule has 4 rings (SSSR count). The normalized spacial score (nSPS) is 14.7. The molecular weight excluding hydrogens is 517 g/mol. The van der Waals surface area contributed by atoms with Gasteiger partial charge < -0.3 is 5.32 Å². The lowest BCUT2D eigenvalue weighted by molar-refractivity contribution is -0.348. The summed E-state index contributed by atoms with van der Waals surface area (Å²) in [5, 5.41) is 6.94. The molecule has 0 atom stereocenters. The van der Waals surface area contributed by atoms with Crippen molar-refractivity contribution < 1.29 is 35.5 Å². The van der Waals surface area contributed by atoms with E-state index < -0.39 is 29.5 Å². The Labute approximate surface area is 205 Å². The topological polar surface area (TPSA) is 59.8 Å². The molecule has 1 aromatic carbocycles. The van der Waals surface area contributed by atoms with Crippen LogP contribution in [0, 0.1) is 13.8 Å². The first-order valence-electron chi connectivity index (χ1n) is 10.6. The Kier molecular flexibility index (Phi) is 6.30. The molecule has 2 heterocycles. The van der Waals surface area contributed by atoms with Crippen LogP contribution in [0.3, 0.4) is 0 Å². The molecule has 192 valence electrons. The van der Waals surface area contributed by atoms with Gasteiger partial charge in [-0.1, -0.05) is 23.7 Å². The number of alkyl halides is 7. The first-order valence-corrected chi connectivity index (χ1v) is 11.0. The number of amides is 1. The molecule has 5 nitrogen and oxygen atoms in total. The fraction of sp³-hybridized carbons (Fsp3) is 0.348. The van der Waals surface area contributed by atoms with Crippen LogP contribution in [0.25, 0.3) is 16.8 Å². The van der Waals surface area contributed by atoms with Crippen molar-refractivity contribution in [1.29, 1.82) is 0 Å². The van der Waals surface area contributed by atoms with Gasteiger partial charge in [0.2, 0.25) is 0 Å². The SMILES string of the molecule is Cc1cc(C(F)(C(F)(F)F)C(F)(F)F)cc(C)c1-c1cnn(-c2cnc(Cl)c(C(=O)NC3CC3)c2)c1. The van der Waals surface area contributed by atoms with Gasteiger partial charge in [-0.05, 0) is 49.4 Å². The molecule has 1 amide bonds. The minimum absolute atomic E-state index is 0.0150. The number of benzene rings is 1. The second-order valence-electron chi connectivity index (χ2n) is 8.59. The van der Waals surface area contributed by atoms with E-state index in [0.717, 1.165) is 12.8 Å². The first-order chi connectivity index (χ1) is 16.6. The zero-order valence-corrected chi connectivity index (χ0v) is 19.5. The van der Waals surface area contributed by atoms with Crippen LogP contribution >= 0.6 is 11.6 Å². The number of aromatic nitrogens is 3. The Balaban J connectivity index is 1.71. The summed E-state index contributed by atoms with van der Waals surface area (Å²) >= 11 is 6.05. The highest BCUT2D eigenvalue weighted by Crippen LogP contribution is 2.54. The molecule has 1 fully saturated rings. The highest BCUT2D eigenvalue weighted by molar-refractivity contribution is 6.32. The smallest absolute Gasteiger partial charge is 0.349 e. The lowest BCUT2D eigenvalue weighted by atomic mass is 9.87. The average molecular weight is 535 g/mol. The summed E-state index contributed by atoms with van der Waals surface area (Å²) in [4.78, 5) is 16.4. The van der Waals surface area contributed by atoms with E-state index in [4.69, 9.17) is 11.6 Å². The zero-order valence-electron chi connectivity index (χ0n) is 18.7. The zero-order chi connectivity index (χ0) is 26.6. The van der Waals surface area contributed by atoms with E-state index in [-0.39, 0.29) is 33.4 Å². The van der Waals surface area contributed by atoms with Crippen LogP contribution in [-0.2, 0) is 5.67 Å². The molecule has 0 radical (unpaired) electrons. The maximum Gasteiger partial charge on any atom is 0.435 e. The van der Waals surface area contributed by atoms with E-state index in [2.05, 4.69) is 15.4 Å². The van der Waals surface area contributed by atoms with Crippen LogP contribution in [0.5, 0.6) is 0 Å². The molecule has 1 aliphatic rings. The number of hydrogen-bond acceptors (Lipinski definition) is 3. The molecule has 0 aliphatic heterocycles. The molecule has 1 aliphatic carbocycles. The standard InChI is InChI=1S/C23H18ClF7N4O/c1-11-5-14(21(25,22(26,27)28)23(29,30)31)6-12(2)18(11)13-8-33-35(10-13)16-7-17(19(24)32-9-16)20(36)34-15-3-4-15/h5-10,15H,3-4H2,1-2H3,(H,34,36). The molecule has 0 spiro atoms. The van der Waals surface area contributed by atoms with Gasteiger partial charge in [0.25, 0.3) is 5.91 Å². The third-order valence-electron chi connectivity index (χ3n) is 5.83. The second kappa shape index (κ2) is 8.75. The number of aryl methyl sites for hydroxylation is 2. The summed E-state index contributed by atoms with van der Waals surface area (Å²) in [6.45, 7) is 2.56. The van der Waals surface area contributed by atoms with Gasteiger partial charge in [0, 0.05) is 23.4 Å². The summed E-state index contributed by atoms with van der Waals surface area (Å²) in [7, 11) is 0. The minimum Gasteiger partial charge on any atom is -0.349 e. The molecule has 0 bridgehead atoms. The highest BCUT2D eigenvalue weighted by Gasteiger charge is 2.73. The van der Waals surface area contributed by atoms with Crippen molar-refractivity contribution in [3.8, 4) is 16.8 Å². The summed E-state index contributed by atoms with van der Waals surface area (Å²) in [6.07, 6.45) is -6.54. The number of pyridine rings is 1. The highest BCUT2D eigenvalue weighted by atomic mass is 35.5.